The van der Waals surface area contributed by atoms with Crippen LogP contribution in [0.25, 0.3) is 0 Å². The molecule has 0 aliphatic carbocycles. The van der Waals surface area contributed by atoms with Gasteiger partial charge in [-0.1, -0.05) is 12.1 Å². The van der Waals surface area contributed by atoms with Crippen LogP contribution < -0.4 is 5.32 Å². The van der Waals surface area contributed by atoms with Crippen molar-refractivity contribution < 1.29 is 4.74 Å². The predicted octanol–water partition coefficient (Wildman–Crippen LogP) is 3.89. The van der Waals surface area contributed by atoms with Gasteiger partial charge >= 0.3 is 0 Å². The molecule has 1 unspecified atom stereocenters. The Bertz CT molecular complexity index is 978. The second-order valence-corrected chi connectivity index (χ2v) is 8.07. The van der Waals surface area contributed by atoms with Gasteiger partial charge in [-0.2, -0.15) is 0 Å². The van der Waals surface area contributed by atoms with Gasteiger partial charge in [-0.3, -0.25) is 4.90 Å². The molecule has 1 saturated heterocycles. The van der Waals surface area contributed by atoms with E-state index >= 15 is 0 Å². The lowest BCUT2D eigenvalue weighted by Crippen LogP contribution is -2.34. The van der Waals surface area contributed by atoms with Crippen molar-refractivity contribution in [1.29, 1.82) is 0 Å². The van der Waals surface area contributed by atoms with Crippen LogP contribution in [0.15, 0.2) is 48.9 Å². The summed E-state index contributed by atoms with van der Waals surface area (Å²) in [6.07, 6.45) is 8.75. The van der Waals surface area contributed by atoms with Crippen molar-refractivity contribution in [2.24, 2.45) is 0 Å². The molecule has 0 radical (unpaired) electrons. The molecule has 0 bridgehead atoms. The molecule has 1 atom stereocenters. The predicted molar refractivity (Wildman–Crippen MR) is 121 cm³/mol. The third kappa shape index (κ3) is 5.83. The molecule has 4 rings (SSSR count). The van der Waals surface area contributed by atoms with Crippen LogP contribution in [-0.2, 0) is 17.7 Å². The number of rotatable bonds is 8. The van der Waals surface area contributed by atoms with E-state index in [1.54, 1.807) is 13.3 Å². The Morgan fingerprint density at radius 3 is 2.81 bits per heavy atom. The minimum atomic E-state index is 0.419. The molecule has 1 N–H and O–H groups in total. The Kier molecular flexibility index (Phi) is 7.17. The lowest BCUT2D eigenvalue weighted by molar-refractivity contribution is 0.197. The first-order valence-corrected chi connectivity index (χ1v) is 10.9. The van der Waals surface area contributed by atoms with Gasteiger partial charge < -0.3 is 10.1 Å². The van der Waals surface area contributed by atoms with Crippen LogP contribution in [0.1, 0.15) is 41.4 Å². The van der Waals surface area contributed by atoms with Crippen molar-refractivity contribution in [2.75, 3.05) is 32.1 Å². The monoisotopic (exact) mass is 418 g/mol. The van der Waals surface area contributed by atoms with Crippen LogP contribution in [0.3, 0.4) is 0 Å². The Hall–Kier alpha value is -2.90. The molecule has 7 nitrogen and oxygen atoms in total. The van der Waals surface area contributed by atoms with Crippen LogP contribution in [0.4, 0.5) is 11.6 Å². The highest BCUT2D eigenvalue weighted by atomic mass is 16.5. The lowest BCUT2D eigenvalue weighted by atomic mass is 9.94. The van der Waals surface area contributed by atoms with Crippen molar-refractivity contribution in [3.8, 4) is 0 Å². The molecule has 3 aromatic rings. The molecule has 31 heavy (non-hydrogen) atoms. The van der Waals surface area contributed by atoms with Gasteiger partial charge in [-0.05, 0) is 50.1 Å². The number of nitrogens with zero attached hydrogens (tertiary/aromatic N) is 5. The van der Waals surface area contributed by atoms with E-state index in [4.69, 9.17) is 9.72 Å². The van der Waals surface area contributed by atoms with Crippen molar-refractivity contribution >= 4 is 11.6 Å². The summed E-state index contributed by atoms with van der Waals surface area (Å²) < 4.78 is 5.10. The van der Waals surface area contributed by atoms with E-state index in [1.807, 2.05) is 37.5 Å². The normalized spacial score (nSPS) is 16.9. The molecule has 0 aromatic carbocycles. The number of aryl methyl sites for hydroxylation is 1. The molecule has 3 aromatic heterocycles. The lowest BCUT2D eigenvalue weighted by Gasteiger charge is -2.32. The van der Waals surface area contributed by atoms with E-state index in [-0.39, 0.29) is 0 Å². The molecule has 1 fully saturated rings. The van der Waals surface area contributed by atoms with E-state index < -0.39 is 0 Å². The molecule has 0 spiro atoms. The van der Waals surface area contributed by atoms with Gasteiger partial charge in [0.2, 0.25) is 0 Å². The first-order valence-electron chi connectivity index (χ1n) is 10.9. The van der Waals surface area contributed by atoms with Gasteiger partial charge in [-0.15, -0.1) is 0 Å². The first-order chi connectivity index (χ1) is 15.2. The van der Waals surface area contributed by atoms with Gasteiger partial charge in [0.05, 0.1) is 6.61 Å². The fourth-order valence-corrected chi connectivity index (χ4v) is 3.97. The number of pyridine rings is 2. The summed E-state index contributed by atoms with van der Waals surface area (Å²) in [4.78, 5) is 20.7. The third-order valence-electron chi connectivity index (χ3n) is 5.65. The molecule has 0 amide bonds. The van der Waals surface area contributed by atoms with Crippen LogP contribution in [0.2, 0.25) is 0 Å². The Morgan fingerprint density at radius 1 is 1.13 bits per heavy atom. The second-order valence-electron chi connectivity index (χ2n) is 8.07. The number of methoxy groups -OCH3 is 1. The van der Waals surface area contributed by atoms with Gasteiger partial charge in [0.25, 0.3) is 0 Å². The SMILES string of the molecule is COCCc1ncc(CN2CCCC(c3cccc(Nc4ncccc4C)n3)C2)cn1. The van der Waals surface area contributed by atoms with Crippen molar-refractivity contribution in [3.63, 3.8) is 0 Å². The summed E-state index contributed by atoms with van der Waals surface area (Å²) in [5, 5.41) is 3.36. The van der Waals surface area contributed by atoms with E-state index in [2.05, 4.69) is 37.3 Å². The number of hydrogen-bond acceptors (Lipinski definition) is 7. The van der Waals surface area contributed by atoms with E-state index in [0.717, 1.165) is 73.2 Å². The fraction of sp³-hybridized carbons (Fsp3) is 0.417. The summed E-state index contributed by atoms with van der Waals surface area (Å²) >= 11 is 0. The Labute approximate surface area is 183 Å². The number of piperidine rings is 1. The first kappa shape index (κ1) is 21.3. The highest BCUT2D eigenvalue weighted by Crippen LogP contribution is 2.28. The summed E-state index contributed by atoms with van der Waals surface area (Å²) in [5.41, 5.74) is 3.39. The maximum absolute atomic E-state index is 5.10. The molecule has 4 heterocycles. The smallest absolute Gasteiger partial charge is 0.134 e. The molecule has 1 aliphatic heterocycles. The second kappa shape index (κ2) is 10.4. The van der Waals surface area contributed by atoms with Crippen LogP contribution in [0, 0.1) is 6.92 Å². The fourth-order valence-electron chi connectivity index (χ4n) is 3.97. The molecule has 1 aliphatic rings. The van der Waals surface area contributed by atoms with E-state index in [0.29, 0.717) is 12.5 Å². The molecule has 7 heteroatoms. The van der Waals surface area contributed by atoms with Gasteiger partial charge in [-0.25, -0.2) is 19.9 Å². The minimum Gasteiger partial charge on any atom is -0.384 e. The maximum Gasteiger partial charge on any atom is 0.134 e. The Balaban J connectivity index is 1.39. The van der Waals surface area contributed by atoms with Crippen molar-refractivity contribution in [1.82, 2.24) is 24.8 Å². The zero-order valence-electron chi connectivity index (χ0n) is 18.3. The zero-order valence-corrected chi connectivity index (χ0v) is 18.3. The summed E-state index contributed by atoms with van der Waals surface area (Å²) in [7, 11) is 1.70. The summed E-state index contributed by atoms with van der Waals surface area (Å²) in [6, 6.07) is 10.2. The number of likely N-dealkylation sites (tertiary alicyclic amines) is 1. The van der Waals surface area contributed by atoms with Gasteiger partial charge in [0.1, 0.15) is 17.5 Å². The molecule has 0 saturated carbocycles. The standard InChI is InChI=1S/C24H30N6O/c1-18-6-4-11-25-24(18)29-23-9-3-8-21(28-23)20-7-5-12-30(17-20)16-19-14-26-22(27-15-19)10-13-31-2/h3-4,6,8-9,11,14-15,20H,5,7,10,12-13,16-17H2,1-2H3,(H,25,28,29). The number of ether oxygens (including phenoxy) is 1. The summed E-state index contributed by atoms with van der Waals surface area (Å²) in [5.74, 6) is 2.95. The maximum atomic E-state index is 5.10. The number of aromatic nitrogens is 4. The van der Waals surface area contributed by atoms with E-state index in [1.165, 1.54) is 0 Å². The van der Waals surface area contributed by atoms with Crippen LogP contribution in [0.5, 0.6) is 0 Å². The van der Waals surface area contributed by atoms with Gasteiger partial charge in [0.15, 0.2) is 0 Å². The third-order valence-corrected chi connectivity index (χ3v) is 5.65. The van der Waals surface area contributed by atoms with Crippen LogP contribution >= 0.6 is 0 Å². The van der Waals surface area contributed by atoms with E-state index in [9.17, 15) is 0 Å². The highest BCUT2D eigenvalue weighted by molar-refractivity contribution is 5.55. The average Bonchev–Trinajstić information content (AvgIpc) is 2.81. The number of anilines is 2. The minimum absolute atomic E-state index is 0.419. The number of hydrogen-bond donors (Lipinski definition) is 1. The van der Waals surface area contributed by atoms with Gasteiger partial charge in [0, 0.05) is 62.4 Å². The Morgan fingerprint density at radius 2 is 2.00 bits per heavy atom. The quantitative estimate of drug-likeness (QED) is 0.595. The molecular weight excluding hydrogens is 388 g/mol. The molecular formula is C24H30N6O. The van der Waals surface area contributed by atoms with Crippen molar-refractivity contribution in [2.45, 2.75) is 38.6 Å². The van der Waals surface area contributed by atoms with Crippen molar-refractivity contribution in [3.05, 3.63) is 71.6 Å². The topological polar surface area (TPSA) is 76.1 Å². The molecule has 162 valence electrons. The average molecular weight is 419 g/mol. The summed E-state index contributed by atoms with van der Waals surface area (Å²) in [6.45, 7) is 5.64. The largest absolute Gasteiger partial charge is 0.384 e. The highest BCUT2D eigenvalue weighted by Gasteiger charge is 2.23. The zero-order chi connectivity index (χ0) is 21.5. The number of nitrogens with one attached hydrogen (secondary N) is 1. The van der Waals surface area contributed by atoms with Crippen LogP contribution in [-0.4, -0.2) is 51.6 Å².